The molecule has 2 heterocycles. The fourth-order valence-corrected chi connectivity index (χ4v) is 3.92. The molecule has 2 aliphatic rings. The average Bonchev–Trinajstić information content (AvgIpc) is 2.46. The SMILES string of the molecule is c1cc2c(c(OCC3CCCCS3)c1)NCCC2. The van der Waals surface area contributed by atoms with E-state index in [4.69, 9.17) is 4.74 Å². The Morgan fingerprint density at radius 1 is 1.28 bits per heavy atom. The normalized spacial score (nSPS) is 23.0. The highest BCUT2D eigenvalue weighted by Gasteiger charge is 2.17. The van der Waals surface area contributed by atoms with Gasteiger partial charge < -0.3 is 10.1 Å². The van der Waals surface area contributed by atoms with Crippen LogP contribution in [-0.2, 0) is 6.42 Å². The van der Waals surface area contributed by atoms with E-state index in [1.165, 1.54) is 49.1 Å². The lowest BCUT2D eigenvalue weighted by atomic mass is 10.0. The lowest BCUT2D eigenvalue weighted by Crippen LogP contribution is -2.19. The molecule has 0 amide bonds. The van der Waals surface area contributed by atoms with Crippen molar-refractivity contribution in [3.63, 3.8) is 0 Å². The van der Waals surface area contributed by atoms with Crippen LogP contribution in [0.4, 0.5) is 5.69 Å². The fourth-order valence-electron chi connectivity index (χ4n) is 2.72. The molecular weight excluding hydrogens is 242 g/mol. The van der Waals surface area contributed by atoms with Gasteiger partial charge in [0.2, 0.25) is 0 Å². The number of hydrogen-bond donors (Lipinski definition) is 1. The lowest BCUT2D eigenvalue weighted by Gasteiger charge is -2.24. The van der Waals surface area contributed by atoms with Gasteiger partial charge in [0, 0.05) is 11.8 Å². The van der Waals surface area contributed by atoms with E-state index in [1.54, 1.807) is 0 Å². The van der Waals surface area contributed by atoms with Gasteiger partial charge in [0.15, 0.2) is 0 Å². The predicted octanol–water partition coefficient (Wildman–Crippen LogP) is 3.71. The van der Waals surface area contributed by atoms with E-state index in [0.29, 0.717) is 5.25 Å². The van der Waals surface area contributed by atoms with Gasteiger partial charge in [-0.25, -0.2) is 0 Å². The third-order valence-electron chi connectivity index (χ3n) is 3.74. The molecule has 0 spiro atoms. The molecular formula is C15H21NOS. The lowest BCUT2D eigenvalue weighted by molar-refractivity contribution is 0.310. The second kappa shape index (κ2) is 5.87. The molecule has 1 N–H and O–H groups in total. The Hall–Kier alpha value is -0.830. The molecule has 3 heteroatoms. The molecule has 3 rings (SSSR count). The Morgan fingerprint density at radius 2 is 2.28 bits per heavy atom. The first-order chi connectivity index (χ1) is 8.93. The van der Waals surface area contributed by atoms with Crippen LogP contribution in [0.3, 0.4) is 0 Å². The van der Waals surface area contributed by atoms with Crippen molar-refractivity contribution in [2.24, 2.45) is 0 Å². The van der Waals surface area contributed by atoms with E-state index in [9.17, 15) is 0 Å². The van der Waals surface area contributed by atoms with Crippen molar-refractivity contribution in [1.82, 2.24) is 0 Å². The number of hydrogen-bond acceptors (Lipinski definition) is 3. The van der Waals surface area contributed by atoms with Crippen molar-refractivity contribution in [2.45, 2.75) is 37.4 Å². The summed E-state index contributed by atoms with van der Waals surface area (Å²) in [7, 11) is 0. The number of aryl methyl sites for hydroxylation is 1. The van der Waals surface area contributed by atoms with E-state index in [1.807, 2.05) is 0 Å². The van der Waals surface area contributed by atoms with Crippen LogP contribution in [0.25, 0.3) is 0 Å². The summed E-state index contributed by atoms with van der Waals surface area (Å²) >= 11 is 2.07. The Morgan fingerprint density at radius 3 is 3.17 bits per heavy atom. The maximum absolute atomic E-state index is 6.06. The highest BCUT2D eigenvalue weighted by Crippen LogP contribution is 2.33. The minimum Gasteiger partial charge on any atom is -0.490 e. The molecule has 1 fully saturated rings. The summed E-state index contributed by atoms with van der Waals surface area (Å²) in [6, 6.07) is 6.43. The zero-order valence-corrected chi connectivity index (χ0v) is 11.6. The van der Waals surface area contributed by atoms with Gasteiger partial charge in [0.25, 0.3) is 0 Å². The fraction of sp³-hybridized carbons (Fsp3) is 0.600. The summed E-state index contributed by atoms with van der Waals surface area (Å²) in [6.45, 7) is 1.94. The zero-order valence-electron chi connectivity index (χ0n) is 10.8. The minimum atomic E-state index is 0.693. The Labute approximate surface area is 113 Å². The van der Waals surface area contributed by atoms with Crippen LogP contribution in [0.5, 0.6) is 5.75 Å². The summed E-state index contributed by atoms with van der Waals surface area (Å²) in [6.07, 6.45) is 6.47. The molecule has 1 saturated heterocycles. The molecule has 98 valence electrons. The molecule has 1 aromatic carbocycles. The number of para-hydroxylation sites is 1. The first-order valence-electron chi connectivity index (χ1n) is 7.03. The molecule has 2 nitrogen and oxygen atoms in total. The topological polar surface area (TPSA) is 21.3 Å². The van der Waals surface area contributed by atoms with Crippen molar-refractivity contribution in [3.05, 3.63) is 23.8 Å². The van der Waals surface area contributed by atoms with Crippen molar-refractivity contribution in [2.75, 3.05) is 24.2 Å². The highest BCUT2D eigenvalue weighted by atomic mass is 32.2. The Bertz CT molecular complexity index is 401. The molecule has 0 radical (unpaired) electrons. The van der Waals surface area contributed by atoms with Crippen LogP contribution < -0.4 is 10.1 Å². The van der Waals surface area contributed by atoms with E-state index < -0.39 is 0 Å². The number of thioether (sulfide) groups is 1. The van der Waals surface area contributed by atoms with Crippen LogP contribution >= 0.6 is 11.8 Å². The summed E-state index contributed by atoms with van der Waals surface area (Å²) in [4.78, 5) is 0. The summed E-state index contributed by atoms with van der Waals surface area (Å²) in [5, 5.41) is 4.18. The van der Waals surface area contributed by atoms with Gasteiger partial charge in [-0.15, -0.1) is 0 Å². The van der Waals surface area contributed by atoms with Crippen molar-refractivity contribution in [3.8, 4) is 5.75 Å². The van der Waals surface area contributed by atoms with Gasteiger partial charge >= 0.3 is 0 Å². The number of nitrogens with one attached hydrogen (secondary N) is 1. The third-order valence-corrected chi connectivity index (χ3v) is 5.10. The first-order valence-corrected chi connectivity index (χ1v) is 8.08. The predicted molar refractivity (Wildman–Crippen MR) is 78.8 cm³/mol. The number of anilines is 1. The molecule has 18 heavy (non-hydrogen) atoms. The number of benzene rings is 1. The number of fused-ring (bicyclic) bond motifs is 1. The minimum absolute atomic E-state index is 0.693. The van der Waals surface area contributed by atoms with Crippen LogP contribution in [0.1, 0.15) is 31.2 Å². The van der Waals surface area contributed by atoms with Crippen LogP contribution in [-0.4, -0.2) is 24.2 Å². The van der Waals surface area contributed by atoms with Gasteiger partial charge in [-0.2, -0.15) is 11.8 Å². The maximum atomic E-state index is 6.06. The van der Waals surface area contributed by atoms with Gasteiger partial charge in [-0.1, -0.05) is 18.6 Å². The number of rotatable bonds is 3. The molecule has 0 saturated carbocycles. The average molecular weight is 263 g/mol. The third kappa shape index (κ3) is 2.77. The largest absolute Gasteiger partial charge is 0.490 e. The Balaban J connectivity index is 1.65. The zero-order chi connectivity index (χ0) is 12.2. The maximum Gasteiger partial charge on any atom is 0.142 e. The molecule has 2 aliphatic heterocycles. The van der Waals surface area contributed by atoms with Crippen LogP contribution in [0.2, 0.25) is 0 Å². The summed E-state index contributed by atoms with van der Waals surface area (Å²) < 4.78 is 6.06. The van der Waals surface area contributed by atoms with Gasteiger partial charge in [0.05, 0.1) is 5.69 Å². The quantitative estimate of drug-likeness (QED) is 0.898. The molecule has 0 aliphatic carbocycles. The van der Waals surface area contributed by atoms with Crippen molar-refractivity contribution in [1.29, 1.82) is 0 Å². The monoisotopic (exact) mass is 263 g/mol. The van der Waals surface area contributed by atoms with Gasteiger partial charge in [-0.05, 0) is 43.1 Å². The molecule has 1 aromatic rings. The summed E-state index contributed by atoms with van der Waals surface area (Å²) in [5.41, 5.74) is 2.65. The smallest absolute Gasteiger partial charge is 0.142 e. The van der Waals surface area contributed by atoms with E-state index >= 15 is 0 Å². The first kappa shape index (κ1) is 12.2. The second-order valence-electron chi connectivity index (χ2n) is 5.12. The molecule has 1 unspecified atom stereocenters. The van der Waals surface area contributed by atoms with E-state index in [0.717, 1.165) is 18.9 Å². The van der Waals surface area contributed by atoms with Crippen LogP contribution in [0.15, 0.2) is 18.2 Å². The standard InChI is InChI=1S/C15H21NOS/c1-2-10-18-13(7-1)11-17-14-8-3-5-12-6-4-9-16-15(12)14/h3,5,8,13,16H,1-2,4,6-7,9-11H2. The highest BCUT2D eigenvalue weighted by molar-refractivity contribution is 7.99. The van der Waals surface area contributed by atoms with E-state index in [-0.39, 0.29) is 0 Å². The van der Waals surface area contributed by atoms with Gasteiger partial charge in [-0.3, -0.25) is 0 Å². The number of ether oxygens (including phenoxy) is 1. The molecule has 0 bridgehead atoms. The molecule has 0 aromatic heterocycles. The van der Waals surface area contributed by atoms with Crippen LogP contribution in [0, 0.1) is 0 Å². The molecule has 1 atom stereocenters. The van der Waals surface area contributed by atoms with Gasteiger partial charge in [0.1, 0.15) is 12.4 Å². The van der Waals surface area contributed by atoms with E-state index in [2.05, 4.69) is 35.3 Å². The van der Waals surface area contributed by atoms with Crippen molar-refractivity contribution >= 4 is 17.4 Å². The van der Waals surface area contributed by atoms with Crippen molar-refractivity contribution < 1.29 is 4.74 Å². The summed E-state index contributed by atoms with van der Waals surface area (Å²) in [5.74, 6) is 2.36. The second-order valence-corrected chi connectivity index (χ2v) is 6.53. The Kier molecular flexibility index (Phi) is 3.99.